The molecule has 6 nitrogen and oxygen atoms in total. The minimum Gasteiger partial charge on any atom is -0.378 e. The first-order valence-corrected chi connectivity index (χ1v) is 11.9. The van der Waals surface area contributed by atoms with Crippen LogP contribution in [0.2, 0.25) is 0 Å². The van der Waals surface area contributed by atoms with Crippen molar-refractivity contribution in [3.8, 4) is 11.3 Å². The molecule has 1 N–H and O–H groups in total. The van der Waals surface area contributed by atoms with Crippen molar-refractivity contribution >= 4 is 28.0 Å². The Labute approximate surface area is 187 Å². The summed E-state index contributed by atoms with van der Waals surface area (Å²) in [5, 5.41) is 4.80. The lowest BCUT2D eigenvalue weighted by molar-refractivity contribution is 0.122. The number of thiazole rings is 1. The first kappa shape index (κ1) is 20.3. The number of ether oxygens (including phenoxy) is 1. The van der Waals surface area contributed by atoms with E-state index in [0.29, 0.717) is 6.04 Å². The maximum atomic E-state index is 5.48. The van der Waals surface area contributed by atoms with Crippen LogP contribution in [0, 0.1) is 6.92 Å². The fourth-order valence-corrected chi connectivity index (χ4v) is 5.34. The van der Waals surface area contributed by atoms with E-state index in [9.17, 15) is 0 Å². The predicted octanol–water partition coefficient (Wildman–Crippen LogP) is 4.43. The number of nitrogens with zero attached hydrogens (tertiary/aromatic N) is 4. The normalized spacial score (nSPS) is 19.5. The first-order valence-electron chi connectivity index (χ1n) is 11.1. The Kier molecular flexibility index (Phi) is 6.04. The van der Waals surface area contributed by atoms with Crippen LogP contribution in [-0.4, -0.2) is 55.4 Å². The molecule has 31 heavy (non-hydrogen) atoms. The van der Waals surface area contributed by atoms with Gasteiger partial charge in [0.2, 0.25) is 0 Å². The third kappa shape index (κ3) is 4.67. The van der Waals surface area contributed by atoms with Crippen LogP contribution in [0.5, 0.6) is 0 Å². The van der Waals surface area contributed by atoms with Gasteiger partial charge in [-0.1, -0.05) is 30.3 Å². The second-order valence-corrected chi connectivity index (χ2v) is 9.38. The molecular formula is C24H29N5OS. The molecule has 5 rings (SSSR count). The second-order valence-electron chi connectivity index (χ2n) is 8.20. The molecule has 0 radical (unpaired) electrons. The zero-order valence-electron chi connectivity index (χ0n) is 18.0. The summed E-state index contributed by atoms with van der Waals surface area (Å²) in [6.07, 6.45) is 4.21. The number of hydrogen-bond donors (Lipinski definition) is 1. The largest absolute Gasteiger partial charge is 0.378 e. The van der Waals surface area contributed by atoms with Gasteiger partial charge in [0.05, 0.1) is 18.9 Å². The maximum absolute atomic E-state index is 5.48. The average Bonchev–Trinajstić information content (AvgIpc) is 3.22. The minimum atomic E-state index is 0.366. The number of piperidine rings is 1. The molecule has 2 fully saturated rings. The quantitative estimate of drug-likeness (QED) is 0.640. The Hall–Kier alpha value is -2.64. The molecule has 0 amide bonds. The lowest BCUT2D eigenvalue weighted by Gasteiger charge is -2.33. The molecule has 7 heteroatoms. The van der Waals surface area contributed by atoms with Crippen LogP contribution in [0.3, 0.4) is 0 Å². The Bertz CT molecular complexity index is 1000. The number of hydrogen-bond acceptors (Lipinski definition) is 7. The fourth-order valence-electron chi connectivity index (χ4n) is 4.38. The van der Waals surface area contributed by atoms with E-state index in [-0.39, 0.29) is 0 Å². The summed E-state index contributed by atoms with van der Waals surface area (Å²) in [4.78, 5) is 15.7. The highest BCUT2D eigenvalue weighted by atomic mass is 32.1. The third-order valence-corrected chi connectivity index (χ3v) is 7.03. The van der Waals surface area contributed by atoms with Crippen LogP contribution in [0.25, 0.3) is 11.3 Å². The van der Waals surface area contributed by atoms with Crippen molar-refractivity contribution in [2.75, 3.05) is 54.5 Å². The van der Waals surface area contributed by atoms with E-state index >= 15 is 0 Å². The third-order valence-electron chi connectivity index (χ3n) is 6.00. The molecule has 1 aromatic carbocycles. The summed E-state index contributed by atoms with van der Waals surface area (Å²) in [7, 11) is 0. The first-order chi connectivity index (χ1) is 15.3. The van der Waals surface area contributed by atoms with Gasteiger partial charge >= 0.3 is 0 Å². The van der Waals surface area contributed by atoms with E-state index in [1.807, 2.05) is 6.20 Å². The van der Waals surface area contributed by atoms with Crippen molar-refractivity contribution in [1.82, 2.24) is 9.97 Å². The monoisotopic (exact) mass is 435 g/mol. The van der Waals surface area contributed by atoms with E-state index < -0.39 is 0 Å². The summed E-state index contributed by atoms with van der Waals surface area (Å²) in [5.74, 6) is 0.955. The van der Waals surface area contributed by atoms with Crippen molar-refractivity contribution in [3.63, 3.8) is 0 Å². The molecular weight excluding hydrogens is 406 g/mol. The van der Waals surface area contributed by atoms with Gasteiger partial charge < -0.3 is 19.9 Å². The van der Waals surface area contributed by atoms with Gasteiger partial charge in [0.25, 0.3) is 0 Å². The molecule has 3 aromatic rings. The van der Waals surface area contributed by atoms with Gasteiger partial charge in [-0.3, -0.25) is 0 Å². The molecule has 2 aliphatic heterocycles. The van der Waals surface area contributed by atoms with Crippen LogP contribution >= 0.6 is 11.3 Å². The van der Waals surface area contributed by atoms with Crippen molar-refractivity contribution < 1.29 is 4.74 Å². The molecule has 2 aromatic heterocycles. The van der Waals surface area contributed by atoms with Gasteiger partial charge in [0, 0.05) is 60.6 Å². The van der Waals surface area contributed by atoms with Crippen LogP contribution in [-0.2, 0) is 4.74 Å². The van der Waals surface area contributed by atoms with Gasteiger partial charge in [-0.15, -0.1) is 11.3 Å². The highest BCUT2D eigenvalue weighted by molar-refractivity contribution is 7.16. The van der Waals surface area contributed by atoms with Crippen LogP contribution in [0.4, 0.5) is 16.6 Å². The second kappa shape index (κ2) is 9.24. The summed E-state index contributed by atoms with van der Waals surface area (Å²) in [6.45, 7) is 7.64. The summed E-state index contributed by atoms with van der Waals surface area (Å²) < 4.78 is 5.48. The molecule has 2 aliphatic rings. The molecule has 0 saturated carbocycles. The van der Waals surface area contributed by atoms with E-state index in [1.54, 1.807) is 11.3 Å². The summed E-state index contributed by atoms with van der Waals surface area (Å²) >= 11 is 1.80. The Morgan fingerprint density at radius 2 is 1.90 bits per heavy atom. The topological polar surface area (TPSA) is 53.5 Å². The van der Waals surface area contributed by atoms with Crippen molar-refractivity contribution in [3.05, 3.63) is 53.5 Å². The summed E-state index contributed by atoms with van der Waals surface area (Å²) in [5.41, 5.74) is 3.52. The zero-order chi connectivity index (χ0) is 21.0. The fraction of sp³-hybridized carbons (Fsp3) is 0.417. The summed E-state index contributed by atoms with van der Waals surface area (Å²) in [6, 6.07) is 15.1. The van der Waals surface area contributed by atoms with Crippen molar-refractivity contribution in [2.45, 2.75) is 25.8 Å². The van der Waals surface area contributed by atoms with E-state index in [2.05, 4.69) is 69.5 Å². The number of aryl methyl sites for hydroxylation is 1. The van der Waals surface area contributed by atoms with Crippen molar-refractivity contribution in [1.29, 1.82) is 0 Å². The van der Waals surface area contributed by atoms with Crippen molar-refractivity contribution in [2.24, 2.45) is 0 Å². The van der Waals surface area contributed by atoms with Crippen LogP contribution in [0.15, 0.2) is 48.7 Å². The lowest BCUT2D eigenvalue weighted by Crippen LogP contribution is -2.42. The van der Waals surface area contributed by atoms with E-state index in [1.165, 1.54) is 16.1 Å². The smallest absolute Gasteiger partial charge is 0.186 e. The molecule has 2 saturated heterocycles. The van der Waals surface area contributed by atoms with Gasteiger partial charge in [-0.05, 0) is 25.8 Å². The number of morpholine rings is 1. The minimum absolute atomic E-state index is 0.366. The Morgan fingerprint density at radius 3 is 2.74 bits per heavy atom. The SMILES string of the molecule is Cc1sc(N2CCC[C@@H](Nc3cc(N4CCOCC4)ccn3)C2)nc1-c1ccccc1. The number of benzene rings is 1. The lowest BCUT2D eigenvalue weighted by atomic mass is 10.1. The van der Waals surface area contributed by atoms with Gasteiger partial charge in [0.15, 0.2) is 5.13 Å². The van der Waals surface area contributed by atoms with Gasteiger partial charge in [0.1, 0.15) is 5.82 Å². The molecule has 1 atom stereocenters. The van der Waals surface area contributed by atoms with Crippen LogP contribution in [0.1, 0.15) is 17.7 Å². The van der Waals surface area contributed by atoms with Gasteiger partial charge in [-0.25, -0.2) is 9.97 Å². The highest BCUT2D eigenvalue weighted by Gasteiger charge is 2.24. The molecule has 162 valence electrons. The Morgan fingerprint density at radius 1 is 1.06 bits per heavy atom. The number of aromatic nitrogens is 2. The van der Waals surface area contributed by atoms with E-state index in [0.717, 1.165) is 68.9 Å². The molecule has 0 spiro atoms. The molecule has 4 heterocycles. The van der Waals surface area contributed by atoms with Crippen LogP contribution < -0.4 is 15.1 Å². The van der Waals surface area contributed by atoms with E-state index in [4.69, 9.17) is 9.72 Å². The van der Waals surface area contributed by atoms with Gasteiger partial charge in [-0.2, -0.15) is 0 Å². The number of anilines is 3. The number of pyridine rings is 1. The Balaban J connectivity index is 1.27. The highest BCUT2D eigenvalue weighted by Crippen LogP contribution is 2.34. The number of rotatable bonds is 5. The molecule has 0 bridgehead atoms. The standard InChI is InChI=1S/C24H29N5OS/c1-18-23(19-6-3-2-4-7-19)27-24(31-18)29-11-5-8-20(17-29)26-22-16-21(9-10-25-22)28-12-14-30-15-13-28/h2-4,6-7,9-10,16,20H,5,8,11-15,17H2,1H3,(H,25,26)/t20-/m1/s1. The zero-order valence-corrected chi connectivity index (χ0v) is 18.8. The number of nitrogens with one attached hydrogen (secondary N) is 1. The average molecular weight is 436 g/mol. The predicted molar refractivity (Wildman–Crippen MR) is 128 cm³/mol. The maximum Gasteiger partial charge on any atom is 0.186 e. The molecule has 0 unspecified atom stereocenters. The molecule has 0 aliphatic carbocycles.